The molecule has 4 N–H and O–H groups in total. The van der Waals surface area contributed by atoms with E-state index in [0.717, 1.165) is 5.57 Å². The zero-order valence-corrected chi connectivity index (χ0v) is 36.9. The maximum atomic E-state index is 17.1. The van der Waals surface area contributed by atoms with Crippen molar-refractivity contribution < 1.29 is 67.3 Å². The normalized spacial score (nSPS) is 52.1. The summed E-state index contributed by atoms with van der Waals surface area (Å²) < 4.78 is 57.4. The molecule has 62 heavy (non-hydrogen) atoms. The van der Waals surface area contributed by atoms with Crippen molar-refractivity contribution in [1.82, 2.24) is 0 Å². The van der Waals surface area contributed by atoms with Crippen LogP contribution in [0.25, 0.3) is 0 Å². The van der Waals surface area contributed by atoms with Gasteiger partial charge in [0, 0.05) is 33.5 Å². The second-order valence-electron chi connectivity index (χ2n) is 21.9. The zero-order chi connectivity index (χ0) is 45.2. The van der Waals surface area contributed by atoms with Crippen molar-refractivity contribution in [3.8, 4) is 0 Å². The summed E-state index contributed by atoms with van der Waals surface area (Å²) in [5.41, 5.74) is -7.16. The SMILES string of the molecule is CC1(C)O[C@@H]2C[C@H]3[C@@H]4CCC5=CC(=O)C=C[C@]5(C)[C@@]4(F)[C@@H](O)C[C@]3(C)[C@]2(C(=O)CO)O1.CC1(C)O[C@@H]2C[C@H]3[C@@H]4C[C@H](F)C5=CC(=O)C=C[C@]5(C)[C@H]4[C@@H](O)C[C@]3(C)[C@]2(C(=O)CO)O1. The lowest BCUT2D eigenvalue weighted by Crippen LogP contribution is -2.70. The van der Waals surface area contributed by atoms with E-state index in [9.17, 15) is 39.6 Å². The lowest BCUT2D eigenvalue weighted by Gasteiger charge is -2.62. The molecule has 2 heterocycles. The number of rotatable bonds is 4. The minimum atomic E-state index is -1.98. The first-order valence-electron chi connectivity index (χ1n) is 22.4. The molecule has 12 nitrogen and oxygen atoms in total. The number of aliphatic hydroxyl groups is 4. The van der Waals surface area contributed by atoms with Crippen LogP contribution in [0.5, 0.6) is 0 Å². The van der Waals surface area contributed by atoms with Crippen molar-refractivity contribution in [2.45, 2.75) is 159 Å². The summed E-state index contributed by atoms with van der Waals surface area (Å²) in [7, 11) is 0. The molecule has 2 aliphatic heterocycles. The summed E-state index contributed by atoms with van der Waals surface area (Å²) in [5.74, 6) is -4.73. The average Bonchev–Trinajstić information content (AvgIpc) is 3.80. The number of allylic oxidation sites excluding steroid dienone is 8. The highest BCUT2D eigenvalue weighted by Gasteiger charge is 2.81. The van der Waals surface area contributed by atoms with E-state index in [1.807, 2.05) is 20.8 Å². The molecule has 0 aromatic rings. The molecule has 0 spiro atoms. The molecule has 10 aliphatic rings. The van der Waals surface area contributed by atoms with Crippen LogP contribution >= 0.6 is 0 Å². The summed E-state index contributed by atoms with van der Waals surface area (Å²) in [5, 5.41) is 42.5. The van der Waals surface area contributed by atoms with Crippen molar-refractivity contribution >= 4 is 23.1 Å². The number of hydrogen-bond acceptors (Lipinski definition) is 12. The van der Waals surface area contributed by atoms with E-state index in [1.165, 1.54) is 24.3 Å². The Labute approximate surface area is 361 Å². The number of aliphatic hydroxyl groups excluding tert-OH is 4. The van der Waals surface area contributed by atoms with Gasteiger partial charge in [-0.2, -0.15) is 0 Å². The Bertz CT molecular complexity index is 2130. The number of Topliss-reactive ketones (excluding diaryl/α,β-unsaturated/α-hetero) is 2. The van der Waals surface area contributed by atoms with Gasteiger partial charge in [0.15, 0.2) is 51.6 Å². The van der Waals surface area contributed by atoms with E-state index in [2.05, 4.69) is 0 Å². The quantitative estimate of drug-likeness (QED) is 0.306. The number of ketones is 4. The molecule has 8 aliphatic carbocycles. The molecule has 17 atom stereocenters. The average molecular weight is 869 g/mol. The molecule has 0 unspecified atom stereocenters. The van der Waals surface area contributed by atoms with Crippen LogP contribution in [-0.2, 0) is 38.1 Å². The first kappa shape index (κ1) is 44.4. The van der Waals surface area contributed by atoms with Crippen molar-refractivity contribution in [3.05, 3.63) is 47.6 Å². The van der Waals surface area contributed by atoms with Crippen LogP contribution in [-0.4, -0.2) is 116 Å². The molecule has 10 rings (SSSR count). The van der Waals surface area contributed by atoms with E-state index in [0.29, 0.717) is 31.3 Å². The van der Waals surface area contributed by atoms with Crippen LogP contribution in [0.3, 0.4) is 0 Å². The van der Waals surface area contributed by atoms with Crippen LogP contribution in [0.4, 0.5) is 8.78 Å². The summed E-state index contributed by atoms with van der Waals surface area (Å²) >= 11 is 0. The third kappa shape index (κ3) is 5.38. The second-order valence-corrected chi connectivity index (χ2v) is 21.9. The third-order valence-electron chi connectivity index (χ3n) is 18.2. The molecule has 0 bridgehead atoms. The Morgan fingerprint density at radius 2 is 1.27 bits per heavy atom. The Balaban J connectivity index is 0.000000158. The van der Waals surface area contributed by atoms with Gasteiger partial charge in [0.25, 0.3) is 0 Å². The lowest BCUT2D eigenvalue weighted by molar-refractivity contribution is -0.246. The van der Waals surface area contributed by atoms with Gasteiger partial charge in [0.05, 0.1) is 24.4 Å². The number of hydrogen-bond donors (Lipinski definition) is 4. The highest BCUT2D eigenvalue weighted by atomic mass is 19.1. The van der Waals surface area contributed by atoms with Crippen LogP contribution in [0.1, 0.15) is 100 Å². The zero-order valence-electron chi connectivity index (χ0n) is 36.9. The molecule has 8 fully saturated rings. The molecule has 0 aromatic carbocycles. The topological polar surface area (TPSA) is 186 Å². The number of carbonyl (C=O) groups excluding carboxylic acids is 4. The summed E-state index contributed by atoms with van der Waals surface area (Å²) in [6.45, 7) is 13.1. The number of ether oxygens (including phenoxy) is 4. The first-order chi connectivity index (χ1) is 28.7. The largest absolute Gasteiger partial charge is 0.393 e. The summed E-state index contributed by atoms with van der Waals surface area (Å²) in [6.07, 6.45) is 6.90. The second kappa shape index (κ2) is 13.6. The van der Waals surface area contributed by atoms with Crippen molar-refractivity contribution in [1.29, 1.82) is 0 Å². The van der Waals surface area contributed by atoms with Crippen LogP contribution in [0.2, 0.25) is 0 Å². The van der Waals surface area contributed by atoms with Crippen molar-refractivity contribution in [3.63, 3.8) is 0 Å². The smallest absolute Gasteiger partial charge is 0.193 e. The van der Waals surface area contributed by atoms with Crippen molar-refractivity contribution in [2.75, 3.05) is 13.2 Å². The van der Waals surface area contributed by atoms with Gasteiger partial charge in [-0.1, -0.05) is 38.5 Å². The summed E-state index contributed by atoms with van der Waals surface area (Å²) in [6, 6.07) is 0. The molecular formula is C48H62F2O12. The van der Waals surface area contributed by atoms with E-state index in [1.54, 1.807) is 46.8 Å². The highest BCUT2D eigenvalue weighted by molar-refractivity contribution is 6.02. The van der Waals surface area contributed by atoms with Crippen LogP contribution in [0.15, 0.2) is 47.6 Å². The number of fused-ring (bicyclic) bond motifs is 14. The lowest BCUT2D eigenvalue weighted by atomic mass is 9.44. The predicted molar refractivity (Wildman–Crippen MR) is 217 cm³/mol. The van der Waals surface area contributed by atoms with Gasteiger partial charge in [0.2, 0.25) is 0 Å². The fourth-order valence-electron chi connectivity index (χ4n) is 16.0. The standard InChI is InChI=1S/2C24H31FO6/c1-21(2)30-19-9-14-13-8-16(25)15-7-12(27)5-6-22(15,3)20(13)17(28)10-23(14,4)24(19,31-21)18(29)11-26;1-20(2)30-19-10-16-15-6-5-13-9-14(27)7-8-21(13,3)23(15,25)17(28)11-22(16,4)24(19,31-20)18(29)12-26/h5-7,13-14,16-17,19-20,26,28H,8-11H2,1-4H3;7-9,15-17,19,26,28H,5-6,10-12H2,1-4H3/t13-,14-,16-,17-,19+,20+,22-,23-,24+;15-,16-,17-,19+,21-,22-,23-,24+/m00/s1. The minimum absolute atomic E-state index is 0.0109. The molecular weight excluding hydrogens is 807 g/mol. The van der Waals surface area contributed by atoms with E-state index < -0.39 is 111 Å². The van der Waals surface area contributed by atoms with E-state index in [4.69, 9.17) is 18.9 Å². The maximum absolute atomic E-state index is 17.1. The molecule has 0 radical (unpaired) electrons. The molecule has 0 amide bonds. The Morgan fingerprint density at radius 1 is 0.742 bits per heavy atom. The highest BCUT2D eigenvalue weighted by Crippen LogP contribution is 2.73. The molecule has 0 aromatic heterocycles. The summed E-state index contributed by atoms with van der Waals surface area (Å²) in [4.78, 5) is 50.2. The number of halogens is 2. The van der Waals surface area contributed by atoms with Crippen molar-refractivity contribution in [2.24, 2.45) is 51.2 Å². The fraction of sp³-hybridized carbons (Fsp3) is 0.750. The van der Waals surface area contributed by atoms with Gasteiger partial charge >= 0.3 is 0 Å². The first-order valence-corrected chi connectivity index (χ1v) is 22.4. The van der Waals surface area contributed by atoms with Gasteiger partial charge in [-0.25, -0.2) is 8.78 Å². The third-order valence-corrected chi connectivity index (χ3v) is 18.2. The Morgan fingerprint density at radius 3 is 1.85 bits per heavy atom. The van der Waals surface area contributed by atoms with E-state index >= 15 is 8.78 Å². The number of alkyl halides is 2. The number of carbonyl (C=O) groups is 4. The van der Waals surface area contributed by atoms with Crippen LogP contribution in [0, 0.1) is 51.2 Å². The molecule has 2 saturated heterocycles. The molecule has 6 saturated carbocycles. The van der Waals surface area contributed by atoms with Crippen LogP contribution < -0.4 is 0 Å². The maximum Gasteiger partial charge on any atom is 0.193 e. The molecule has 14 heteroatoms. The van der Waals surface area contributed by atoms with Gasteiger partial charge in [-0.3, -0.25) is 19.2 Å². The van der Waals surface area contributed by atoms with Gasteiger partial charge in [0.1, 0.15) is 19.4 Å². The van der Waals surface area contributed by atoms with E-state index in [-0.39, 0.29) is 54.5 Å². The minimum Gasteiger partial charge on any atom is -0.393 e. The Hall–Kier alpha value is -2.82. The van der Waals surface area contributed by atoms with Gasteiger partial charge < -0.3 is 39.4 Å². The van der Waals surface area contributed by atoms with Gasteiger partial charge in [-0.15, -0.1) is 0 Å². The monoisotopic (exact) mass is 868 g/mol. The predicted octanol–water partition coefficient (Wildman–Crippen LogP) is 4.69. The Kier molecular flexibility index (Phi) is 9.75. The van der Waals surface area contributed by atoms with Gasteiger partial charge in [-0.05, 0) is 127 Å². The molecule has 340 valence electrons. The fourth-order valence-corrected chi connectivity index (χ4v) is 16.0.